The van der Waals surface area contributed by atoms with E-state index in [0.29, 0.717) is 0 Å². The summed E-state index contributed by atoms with van der Waals surface area (Å²) >= 11 is 8.02. The van der Waals surface area contributed by atoms with E-state index in [2.05, 4.69) is 36.1 Å². The molecule has 106 valence electrons. The van der Waals surface area contributed by atoms with Gasteiger partial charge in [0.15, 0.2) is 5.13 Å². The van der Waals surface area contributed by atoms with Gasteiger partial charge < -0.3 is 4.90 Å². The number of benzene rings is 2. The first-order valence-corrected chi connectivity index (χ1v) is 8.29. The minimum Gasteiger partial charge on any atom is -0.343 e. The predicted octanol–water partition coefficient (Wildman–Crippen LogP) is 4.82. The zero-order valence-corrected chi connectivity index (χ0v) is 13.3. The highest BCUT2D eigenvalue weighted by Crippen LogP contribution is 2.37. The zero-order chi connectivity index (χ0) is 14.4. The Hall–Kier alpha value is -1.58. The van der Waals surface area contributed by atoms with Crippen molar-refractivity contribution in [1.29, 1.82) is 0 Å². The molecular weight excluding hydrogens is 300 g/mol. The molecule has 0 saturated heterocycles. The Morgan fingerprint density at radius 2 is 1.95 bits per heavy atom. The van der Waals surface area contributed by atoms with Crippen molar-refractivity contribution >= 4 is 38.3 Å². The first-order chi connectivity index (χ1) is 10.2. The van der Waals surface area contributed by atoms with Gasteiger partial charge in [-0.15, -0.1) is 0 Å². The topological polar surface area (TPSA) is 16.1 Å². The van der Waals surface area contributed by atoms with Crippen LogP contribution in [0.1, 0.15) is 16.7 Å². The number of hydrogen-bond acceptors (Lipinski definition) is 3. The quantitative estimate of drug-likeness (QED) is 0.640. The number of halogens is 1. The van der Waals surface area contributed by atoms with E-state index in [-0.39, 0.29) is 0 Å². The number of thiazole rings is 1. The van der Waals surface area contributed by atoms with Crippen LogP contribution in [0.2, 0.25) is 5.02 Å². The van der Waals surface area contributed by atoms with Gasteiger partial charge >= 0.3 is 0 Å². The maximum absolute atomic E-state index is 6.31. The molecule has 0 bridgehead atoms. The fourth-order valence-corrected chi connectivity index (χ4v) is 4.23. The second-order valence-corrected chi connectivity index (χ2v) is 6.86. The third-order valence-corrected chi connectivity index (χ3v) is 5.66. The summed E-state index contributed by atoms with van der Waals surface area (Å²) in [5.41, 5.74) is 5.10. The molecule has 0 saturated carbocycles. The highest BCUT2D eigenvalue weighted by Gasteiger charge is 2.20. The normalized spacial score (nSPS) is 14.5. The van der Waals surface area contributed by atoms with E-state index in [1.54, 1.807) is 11.3 Å². The van der Waals surface area contributed by atoms with Crippen LogP contribution < -0.4 is 4.90 Å². The standard InChI is InChI=1S/C17H15ClN2S/c1-11-6-7-14(18)16-15(11)19-17(21-16)20-9-8-12-4-2-3-5-13(12)10-20/h2-7H,8-10H2,1H3. The number of hydrogen-bond donors (Lipinski definition) is 0. The molecule has 4 rings (SSSR count). The molecule has 0 unspecified atom stereocenters. The Bertz CT molecular complexity index is 786. The summed E-state index contributed by atoms with van der Waals surface area (Å²) in [6, 6.07) is 12.7. The molecule has 0 aliphatic carbocycles. The van der Waals surface area contributed by atoms with Crippen LogP contribution in [0.3, 0.4) is 0 Å². The summed E-state index contributed by atoms with van der Waals surface area (Å²) in [4.78, 5) is 7.19. The summed E-state index contributed by atoms with van der Waals surface area (Å²) in [5.74, 6) is 0. The van der Waals surface area contributed by atoms with Gasteiger partial charge in [0.05, 0.1) is 15.2 Å². The summed E-state index contributed by atoms with van der Waals surface area (Å²) in [7, 11) is 0. The molecule has 2 aromatic carbocycles. The lowest BCUT2D eigenvalue weighted by Gasteiger charge is -2.28. The molecule has 1 aromatic heterocycles. The Labute approximate surface area is 133 Å². The van der Waals surface area contributed by atoms with Crippen LogP contribution in [0.4, 0.5) is 5.13 Å². The van der Waals surface area contributed by atoms with Crippen molar-refractivity contribution in [2.45, 2.75) is 19.9 Å². The van der Waals surface area contributed by atoms with E-state index >= 15 is 0 Å². The minimum atomic E-state index is 0.803. The first kappa shape index (κ1) is 13.1. The van der Waals surface area contributed by atoms with Gasteiger partial charge in [0.1, 0.15) is 0 Å². The van der Waals surface area contributed by atoms with Gasteiger partial charge in [0.25, 0.3) is 0 Å². The minimum absolute atomic E-state index is 0.803. The molecule has 4 heteroatoms. The fourth-order valence-electron chi connectivity index (χ4n) is 2.89. The maximum Gasteiger partial charge on any atom is 0.186 e. The van der Waals surface area contributed by atoms with Gasteiger partial charge in [-0.05, 0) is 36.1 Å². The number of nitrogens with zero attached hydrogens (tertiary/aromatic N) is 2. The molecule has 0 spiro atoms. The molecule has 21 heavy (non-hydrogen) atoms. The summed E-state index contributed by atoms with van der Waals surface area (Å²) in [6.07, 6.45) is 1.08. The van der Waals surface area contributed by atoms with Crippen LogP contribution in [0.15, 0.2) is 36.4 Å². The van der Waals surface area contributed by atoms with Crippen molar-refractivity contribution in [3.63, 3.8) is 0 Å². The van der Waals surface area contributed by atoms with Crippen molar-refractivity contribution in [3.8, 4) is 0 Å². The molecular formula is C17H15ClN2S. The van der Waals surface area contributed by atoms with Crippen LogP contribution in [0, 0.1) is 6.92 Å². The fraction of sp³-hybridized carbons (Fsp3) is 0.235. The van der Waals surface area contributed by atoms with Gasteiger partial charge in [-0.1, -0.05) is 53.3 Å². The summed E-state index contributed by atoms with van der Waals surface area (Å²) in [6.45, 7) is 4.05. The highest BCUT2D eigenvalue weighted by molar-refractivity contribution is 7.22. The van der Waals surface area contributed by atoms with Crippen LogP contribution in [0.5, 0.6) is 0 Å². The molecule has 2 heterocycles. The van der Waals surface area contributed by atoms with E-state index in [0.717, 1.165) is 39.9 Å². The lowest BCUT2D eigenvalue weighted by atomic mass is 10.0. The van der Waals surface area contributed by atoms with Crippen molar-refractivity contribution in [1.82, 2.24) is 4.98 Å². The number of anilines is 1. The average molecular weight is 315 g/mol. The maximum atomic E-state index is 6.31. The van der Waals surface area contributed by atoms with Crippen LogP contribution >= 0.6 is 22.9 Å². The molecule has 0 N–H and O–H groups in total. The molecule has 3 aromatic rings. The second kappa shape index (κ2) is 5.00. The SMILES string of the molecule is Cc1ccc(Cl)c2sc(N3CCc4ccccc4C3)nc12. The number of aromatic nitrogens is 1. The van der Waals surface area contributed by atoms with Crippen molar-refractivity contribution in [2.24, 2.45) is 0 Å². The van der Waals surface area contributed by atoms with E-state index in [1.807, 2.05) is 12.1 Å². The Kier molecular flexibility index (Phi) is 3.12. The molecule has 0 radical (unpaired) electrons. The number of rotatable bonds is 1. The Morgan fingerprint density at radius 3 is 2.76 bits per heavy atom. The zero-order valence-electron chi connectivity index (χ0n) is 11.8. The lowest BCUT2D eigenvalue weighted by Crippen LogP contribution is -2.30. The first-order valence-electron chi connectivity index (χ1n) is 7.10. The van der Waals surface area contributed by atoms with Gasteiger partial charge in [-0.25, -0.2) is 4.98 Å². The van der Waals surface area contributed by atoms with Gasteiger partial charge in [-0.3, -0.25) is 0 Å². The number of aryl methyl sites for hydroxylation is 1. The third kappa shape index (κ3) is 2.21. The largest absolute Gasteiger partial charge is 0.343 e. The summed E-state index contributed by atoms with van der Waals surface area (Å²) in [5, 5.41) is 1.88. The Morgan fingerprint density at radius 1 is 1.14 bits per heavy atom. The third-order valence-electron chi connectivity index (χ3n) is 4.09. The molecule has 0 fully saturated rings. The van der Waals surface area contributed by atoms with Gasteiger partial charge in [0.2, 0.25) is 0 Å². The molecule has 1 aliphatic rings. The van der Waals surface area contributed by atoms with Crippen LogP contribution in [-0.4, -0.2) is 11.5 Å². The smallest absolute Gasteiger partial charge is 0.186 e. The predicted molar refractivity (Wildman–Crippen MR) is 90.6 cm³/mol. The van der Waals surface area contributed by atoms with E-state index in [1.165, 1.54) is 16.7 Å². The van der Waals surface area contributed by atoms with Crippen LogP contribution in [-0.2, 0) is 13.0 Å². The van der Waals surface area contributed by atoms with E-state index in [4.69, 9.17) is 16.6 Å². The van der Waals surface area contributed by atoms with Crippen molar-refractivity contribution in [2.75, 3.05) is 11.4 Å². The highest BCUT2D eigenvalue weighted by atomic mass is 35.5. The van der Waals surface area contributed by atoms with Gasteiger partial charge in [-0.2, -0.15) is 0 Å². The second-order valence-electron chi connectivity index (χ2n) is 5.48. The van der Waals surface area contributed by atoms with Crippen molar-refractivity contribution in [3.05, 3.63) is 58.1 Å². The molecule has 1 aliphatic heterocycles. The monoisotopic (exact) mass is 314 g/mol. The molecule has 0 atom stereocenters. The molecule has 2 nitrogen and oxygen atoms in total. The average Bonchev–Trinajstić information content (AvgIpc) is 2.97. The summed E-state index contributed by atoms with van der Waals surface area (Å²) < 4.78 is 1.10. The Balaban J connectivity index is 1.75. The lowest BCUT2D eigenvalue weighted by molar-refractivity contribution is 0.730. The van der Waals surface area contributed by atoms with Gasteiger partial charge in [0, 0.05) is 13.1 Å². The van der Waals surface area contributed by atoms with Crippen LogP contribution in [0.25, 0.3) is 10.2 Å². The van der Waals surface area contributed by atoms with E-state index < -0.39 is 0 Å². The van der Waals surface area contributed by atoms with Crippen molar-refractivity contribution < 1.29 is 0 Å². The molecule has 0 amide bonds. The number of fused-ring (bicyclic) bond motifs is 2. The van der Waals surface area contributed by atoms with E-state index in [9.17, 15) is 0 Å².